The van der Waals surface area contributed by atoms with Crippen molar-refractivity contribution in [3.63, 3.8) is 0 Å². The van der Waals surface area contributed by atoms with Crippen LogP contribution in [0.1, 0.15) is 19.4 Å². The SMILES string of the molecule is CC(C)(Nc1ccc(N)c(C#N)c1)C(N)=O. The molecule has 0 aromatic heterocycles. The van der Waals surface area contributed by atoms with Crippen molar-refractivity contribution >= 4 is 17.3 Å². The molecule has 0 aliphatic rings. The van der Waals surface area contributed by atoms with E-state index in [1.54, 1.807) is 32.0 Å². The second kappa shape index (κ2) is 4.11. The van der Waals surface area contributed by atoms with Crippen LogP contribution in [0.4, 0.5) is 11.4 Å². The van der Waals surface area contributed by atoms with Crippen molar-refractivity contribution in [2.24, 2.45) is 5.73 Å². The van der Waals surface area contributed by atoms with Crippen LogP contribution in [-0.2, 0) is 4.79 Å². The molecule has 0 bridgehead atoms. The van der Waals surface area contributed by atoms with Gasteiger partial charge in [-0.3, -0.25) is 4.79 Å². The Morgan fingerprint density at radius 3 is 2.62 bits per heavy atom. The second-order valence-electron chi connectivity index (χ2n) is 4.03. The number of carbonyl (C=O) groups excluding carboxylic acids is 1. The predicted octanol–water partition coefficient (Wildman–Crippen LogP) is 0.816. The highest BCUT2D eigenvalue weighted by Crippen LogP contribution is 2.20. The topological polar surface area (TPSA) is 105 Å². The highest BCUT2D eigenvalue weighted by Gasteiger charge is 2.24. The zero-order valence-corrected chi connectivity index (χ0v) is 9.24. The van der Waals surface area contributed by atoms with Gasteiger partial charge in [0.1, 0.15) is 11.6 Å². The number of benzene rings is 1. The van der Waals surface area contributed by atoms with Crippen LogP contribution in [0, 0.1) is 11.3 Å². The molecule has 0 atom stereocenters. The minimum absolute atomic E-state index is 0.366. The van der Waals surface area contributed by atoms with Crippen LogP contribution in [0.2, 0.25) is 0 Å². The lowest BCUT2D eigenvalue weighted by molar-refractivity contribution is -0.121. The number of nitrogens with one attached hydrogen (secondary N) is 1. The number of hydrogen-bond acceptors (Lipinski definition) is 4. The molecule has 0 saturated heterocycles. The highest BCUT2D eigenvalue weighted by atomic mass is 16.1. The summed E-state index contributed by atoms with van der Waals surface area (Å²) in [4.78, 5) is 11.1. The Morgan fingerprint density at radius 2 is 2.12 bits per heavy atom. The third-order valence-electron chi connectivity index (χ3n) is 2.25. The van der Waals surface area contributed by atoms with Gasteiger partial charge in [0.2, 0.25) is 5.91 Å². The average Bonchev–Trinajstić information content (AvgIpc) is 2.20. The van der Waals surface area contributed by atoms with Gasteiger partial charge in [-0.05, 0) is 32.0 Å². The van der Waals surface area contributed by atoms with Gasteiger partial charge in [-0.1, -0.05) is 0 Å². The number of amides is 1. The smallest absolute Gasteiger partial charge is 0.242 e. The quantitative estimate of drug-likeness (QED) is 0.653. The fourth-order valence-electron chi connectivity index (χ4n) is 1.15. The summed E-state index contributed by atoms with van der Waals surface area (Å²) in [5.74, 6) is -0.470. The molecule has 0 aliphatic heterocycles. The number of nitrogens with zero attached hydrogens (tertiary/aromatic N) is 1. The zero-order chi connectivity index (χ0) is 12.3. The molecule has 0 fully saturated rings. The maximum atomic E-state index is 11.1. The molecular weight excluding hydrogens is 204 g/mol. The summed E-state index contributed by atoms with van der Waals surface area (Å²) >= 11 is 0. The highest BCUT2D eigenvalue weighted by molar-refractivity contribution is 5.87. The first-order chi connectivity index (χ1) is 7.36. The minimum atomic E-state index is -0.872. The molecule has 0 aliphatic carbocycles. The average molecular weight is 218 g/mol. The summed E-state index contributed by atoms with van der Waals surface area (Å²) in [6, 6.07) is 6.86. The van der Waals surface area contributed by atoms with E-state index in [-0.39, 0.29) is 0 Å². The maximum absolute atomic E-state index is 11.1. The van der Waals surface area contributed by atoms with E-state index in [0.29, 0.717) is 16.9 Å². The Balaban J connectivity index is 3.00. The number of anilines is 2. The van der Waals surface area contributed by atoms with E-state index >= 15 is 0 Å². The maximum Gasteiger partial charge on any atom is 0.242 e. The van der Waals surface area contributed by atoms with Gasteiger partial charge in [-0.2, -0.15) is 5.26 Å². The molecule has 1 aromatic rings. The lowest BCUT2D eigenvalue weighted by Crippen LogP contribution is -2.45. The van der Waals surface area contributed by atoms with E-state index in [2.05, 4.69) is 5.32 Å². The lowest BCUT2D eigenvalue weighted by atomic mass is 10.0. The van der Waals surface area contributed by atoms with Crippen LogP contribution >= 0.6 is 0 Å². The third-order valence-corrected chi connectivity index (χ3v) is 2.25. The Hall–Kier alpha value is -2.22. The first kappa shape index (κ1) is 11.9. The van der Waals surface area contributed by atoms with Crippen LogP contribution in [-0.4, -0.2) is 11.4 Å². The van der Waals surface area contributed by atoms with Crippen LogP contribution in [0.25, 0.3) is 0 Å². The number of carbonyl (C=O) groups is 1. The normalized spacial score (nSPS) is 10.6. The van der Waals surface area contributed by atoms with Gasteiger partial charge in [0.05, 0.1) is 5.56 Å². The van der Waals surface area contributed by atoms with Gasteiger partial charge in [-0.25, -0.2) is 0 Å². The van der Waals surface area contributed by atoms with Crippen LogP contribution in [0.3, 0.4) is 0 Å². The molecular formula is C11H14N4O. The molecule has 5 N–H and O–H groups in total. The van der Waals surface area contributed by atoms with Crippen molar-refractivity contribution in [3.8, 4) is 6.07 Å². The van der Waals surface area contributed by atoms with Gasteiger partial charge in [-0.15, -0.1) is 0 Å². The van der Waals surface area contributed by atoms with Gasteiger partial charge in [0.15, 0.2) is 0 Å². The van der Waals surface area contributed by atoms with Crippen molar-refractivity contribution in [3.05, 3.63) is 23.8 Å². The van der Waals surface area contributed by atoms with Crippen LogP contribution < -0.4 is 16.8 Å². The second-order valence-corrected chi connectivity index (χ2v) is 4.03. The van der Waals surface area contributed by atoms with Gasteiger partial charge >= 0.3 is 0 Å². The number of nitrogen functional groups attached to an aromatic ring is 1. The molecule has 5 heteroatoms. The number of nitriles is 1. The first-order valence-corrected chi connectivity index (χ1v) is 4.74. The summed E-state index contributed by atoms with van der Waals surface area (Å²) < 4.78 is 0. The zero-order valence-electron chi connectivity index (χ0n) is 9.24. The molecule has 0 spiro atoms. The molecule has 16 heavy (non-hydrogen) atoms. The number of rotatable bonds is 3. The van der Waals surface area contributed by atoms with Crippen molar-refractivity contribution < 1.29 is 4.79 Å². The van der Waals surface area contributed by atoms with E-state index in [9.17, 15) is 4.79 Å². The molecule has 1 amide bonds. The molecule has 1 aromatic carbocycles. The lowest BCUT2D eigenvalue weighted by Gasteiger charge is -2.23. The fourth-order valence-corrected chi connectivity index (χ4v) is 1.15. The molecule has 0 unspecified atom stereocenters. The van der Waals surface area contributed by atoms with Crippen molar-refractivity contribution in [1.29, 1.82) is 5.26 Å². The van der Waals surface area contributed by atoms with Crippen LogP contribution in [0.15, 0.2) is 18.2 Å². The molecule has 1 rings (SSSR count). The van der Waals surface area contributed by atoms with E-state index in [0.717, 1.165) is 0 Å². The Morgan fingerprint density at radius 1 is 1.50 bits per heavy atom. The summed E-state index contributed by atoms with van der Waals surface area (Å²) in [6.45, 7) is 3.33. The monoisotopic (exact) mass is 218 g/mol. The minimum Gasteiger partial charge on any atom is -0.398 e. The number of nitrogens with two attached hydrogens (primary N) is 2. The summed E-state index contributed by atoms with van der Waals surface area (Å²) in [5, 5.41) is 11.7. The Bertz CT molecular complexity index is 460. The first-order valence-electron chi connectivity index (χ1n) is 4.74. The third kappa shape index (κ3) is 2.42. The molecule has 0 saturated carbocycles. The van der Waals surface area contributed by atoms with Gasteiger partial charge in [0, 0.05) is 11.4 Å². The summed E-state index contributed by atoms with van der Waals surface area (Å²) in [7, 11) is 0. The molecule has 0 heterocycles. The molecule has 0 radical (unpaired) electrons. The number of hydrogen-bond donors (Lipinski definition) is 3. The van der Waals surface area contributed by atoms with Crippen molar-refractivity contribution in [2.75, 3.05) is 11.1 Å². The molecule has 5 nitrogen and oxygen atoms in total. The molecule has 84 valence electrons. The Kier molecular flexibility index (Phi) is 3.04. The standard InChI is InChI=1S/C11H14N4O/c1-11(2,10(14)16)15-8-3-4-9(13)7(5-8)6-12/h3-5,15H,13H2,1-2H3,(H2,14,16). The van der Waals surface area contributed by atoms with E-state index in [4.69, 9.17) is 16.7 Å². The number of primary amides is 1. The van der Waals surface area contributed by atoms with Gasteiger partial charge < -0.3 is 16.8 Å². The largest absolute Gasteiger partial charge is 0.398 e. The fraction of sp³-hybridized carbons (Fsp3) is 0.273. The van der Waals surface area contributed by atoms with Crippen LogP contribution in [0.5, 0.6) is 0 Å². The van der Waals surface area contributed by atoms with E-state index < -0.39 is 11.4 Å². The van der Waals surface area contributed by atoms with Crippen molar-refractivity contribution in [1.82, 2.24) is 0 Å². The summed E-state index contributed by atoms with van der Waals surface area (Å²) in [5.41, 5.74) is 11.3. The van der Waals surface area contributed by atoms with E-state index in [1.165, 1.54) is 0 Å². The van der Waals surface area contributed by atoms with Crippen molar-refractivity contribution in [2.45, 2.75) is 19.4 Å². The summed E-state index contributed by atoms with van der Waals surface area (Å²) in [6.07, 6.45) is 0. The Labute approximate surface area is 94.0 Å². The van der Waals surface area contributed by atoms with Gasteiger partial charge in [0.25, 0.3) is 0 Å². The van der Waals surface area contributed by atoms with E-state index in [1.807, 2.05) is 6.07 Å². The predicted molar refractivity (Wildman–Crippen MR) is 62.5 cm³/mol.